The van der Waals surface area contributed by atoms with Crippen LogP contribution in [0.5, 0.6) is 5.88 Å². The fourth-order valence-electron chi connectivity index (χ4n) is 1.96. The Balaban J connectivity index is 3.09. The van der Waals surface area contributed by atoms with Crippen molar-refractivity contribution in [1.29, 1.82) is 0 Å². The molecule has 0 fully saturated rings. The highest BCUT2D eigenvalue weighted by molar-refractivity contribution is 6.01. The maximum atomic E-state index is 12.4. The number of oxime groups is 1. The Kier molecular flexibility index (Phi) is 5.31. The van der Waals surface area contributed by atoms with Crippen LogP contribution in [0.4, 0.5) is 0 Å². The summed E-state index contributed by atoms with van der Waals surface area (Å²) in [6.07, 6.45) is 2.52. The molecule has 0 aromatic carbocycles. The third kappa shape index (κ3) is 2.98. The molecule has 0 aliphatic heterocycles. The Morgan fingerprint density at radius 1 is 1.55 bits per heavy atom. The average Bonchev–Trinajstić information content (AvgIpc) is 2.51. The zero-order valence-corrected chi connectivity index (χ0v) is 11.9. The lowest BCUT2D eigenvalue weighted by Gasteiger charge is -2.31. The molecule has 4 N–H and O–H groups in total. The molecule has 0 aliphatic carbocycles. The van der Waals surface area contributed by atoms with Gasteiger partial charge in [-0.1, -0.05) is 19.0 Å². The fraction of sp³-hybridized carbons (Fsp3) is 0.462. The van der Waals surface area contributed by atoms with Crippen molar-refractivity contribution in [2.24, 2.45) is 10.9 Å². The molecule has 0 atom stereocenters. The van der Waals surface area contributed by atoms with Gasteiger partial charge in [-0.2, -0.15) is 0 Å². The molecule has 0 aliphatic rings. The van der Waals surface area contributed by atoms with E-state index in [1.165, 1.54) is 13.3 Å². The number of nitrogens with zero attached hydrogens (tertiary/aromatic N) is 2. The van der Waals surface area contributed by atoms with Crippen LogP contribution in [0, 0.1) is 0 Å². The lowest BCUT2D eigenvalue weighted by Crippen LogP contribution is -2.56. The van der Waals surface area contributed by atoms with Gasteiger partial charge in [-0.05, 0) is 25.0 Å². The van der Waals surface area contributed by atoms with Gasteiger partial charge in [0.1, 0.15) is 11.1 Å². The molecule has 0 unspecified atom stereocenters. The molecule has 0 saturated carbocycles. The van der Waals surface area contributed by atoms with Gasteiger partial charge in [-0.15, -0.1) is 0 Å². The van der Waals surface area contributed by atoms with Gasteiger partial charge < -0.3 is 21.0 Å². The van der Waals surface area contributed by atoms with Crippen LogP contribution >= 0.6 is 0 Å². The molecular weight excluding hydrogens is 260 g/mol. The van der Waals surface area contributed by atoms with Crippen LogP contribution in [0.1, 0.15) is 37.0 Å². The van der Waals surface area contributed by atoms with E-state index in [4.69, 9.17) is 15.7 Å². The van der Waals surface area contributed by atoms with Crippen LogP contribution in [-0.2, 0) is 0 Å². The van der Waals surface area contributed by atoms with Gasteiger partial charge in [0, 0.05) is 6.20 Å². The Morgan fingerprint density at radius 3 is 2.70 bits per heavy atom. The molecule has 1 aromatic heterocycles. The monoisotopic (exact) mass is 280 g/mol. The van der Waals surface area contributed by atoms with E-state index < -0.39 is 5.54 Å². The number of nitrogens with two attached hydrogens (primary N) is 1. The standard InChI is InChI=1S/C13H20N4O3/c1-4-13(5-2,12(14)17-19)16-10(18)9-7-6-8-15-11(9)20-3/h6-8,19H,4-5H2,1-3H3,(H2,14,17)(H,16,18). The third-order valence-electron chi connectivity index (χ3n) is 3.37. The molecule has 7 heteroatoms. The van der Waals surface area contributed by atoms with E-state index in [0.29, 0.717) is 18.4 Å². The highest BCUT2D eigenvalue weighted by Gasteiger charge is 2.34. The molecule has 0 spiro atoms. The topological polar surface area (TPSA) is 110 Å². The zero-order valence-electron chi connectivity index (χ0n) is 11.9. The van der Waals surface area contributed by atoms with E-state index in [1.54, 1.807) is 12.1 Å². The largest absolute Gasteiger partial charge is 0.480 e. The minimum absolute atomic E-state index is 0.0290. The van der Waals surface area contributed by atoms with Gasteiger partial charge in [0.2, 0.25) is 5.88 Å². The van der Waals surface area contributed by atoms with Crippen LogP contribution in [0.3, 0.4) is 0 Å². The second-order valence-electron chi connectivity index (χ2n) is 4.29. The number of pyridine rings is 1. The number of hydrogen-bond donors (Lipinski definition) is 3. The van der Waals surface area contributed by atoms with Gasteiger partial charge in [-0.25, -0.2) is 4.98 Å². The molecule has 1 rings (SSSR count). The first-order chi connectivity index (χ1) is 9.54. The molecule has 1 heterocycles. The summed E-state index contributed by atoms with van der Waals surface area (Å²) in [5.41, 5.74) is 5.11. The Morgan fingerprint density at radius 2 is 2.20 bits per heavy atom. The number of amides is 1. The SMILES string of the molecule is CCC(CC)(NC(=O)c1cccnc1OC)C(N)=NO. The molecule has 1 amide bonds. The summed E-state index contributed by atoms with van der Waals surface area (Å²) < 4.78 is 5.05. The first kappa shape index (κ1) is 15.7. The summed E-state index contributed by atoms with van der Waals surface area (Å²) in [6.45, 7) is 3.70. The zero-order chi connectivity index (χ0) is 15.2. The number of amidine groups is 1. The Hall–Kier alpha value is -2.31. The maximum Gasteiger partial charge on any atom is 0.257 e. The maximum absolute atomic E-state index is 12.4. The van der Waals surface area contributed by atoms with E-state index in [0.717, 1.165) is 0 Å². The summed E-state index contributed by atoms with van der Waals surface area (Å²) in [6, 6.07) is 3.24. The second kappa shape index (κ2) is 6.74. The van der Waals surface area contributed by atoms with E-state index in [-0.39, 0.29) is 17.6 Å². The first-order valence-corrected chi connectivity index (χ1v) is 6.34. The van der Waals surface area contributed by atoms with Crippen molar-refractivity contribution in [3.8, 4) is 5.88 Å². The number of carbonyl (C=O) groups is 1. The minimum atomic E-state index is -0.896. The van der Waals surface area contributed by atoms with Gasteiger partial charge >= 0.3 is 0 Å². The number of hydrogen-bond acceptors (Lipinski definition) is 5. The number of ether oxygens (including phenoxy) is 1. The quantitative estimate of drug-likeness (QED) is 0.313. The highest BCUT2D eigenvalue weighted by atomic mass is 16.5. The van der Waals surface area contributed by atoms with Crippen LogP contribution < -0.4 is 15.8 Å². The van der Waals surface area contributed by atoms with Crippen molar-refractivity contribution >= 4 is 11.7 Å². The number of aromatic nitrogens is 1. The number of nitrogens with one attached hydrogen (secondary N) is 1. The van der Waals surface area contributed by atoms with Crippen molar-refractivity contribution in [3.05, 3.63) is 23.9 Å². The predicted molar refractivity (Wildman–Crippen MR) is 75.0 cm³/mol. The summed E-state index contributed by atoms with van der Waals surface area (Å²) in [5.74, 6) is -0.186. The van der Waals surface area contributed by atoms with Crippen LogP contribution in [0.25, 0.3) is 0 Å². The van der Waals surface area contributed by atoms with Gasteiger partial charge in [0.15, 0.2) is 5.84 Å². The molecule has 110 valence electrons. The van der Waals surface area contributed by atoms with Crippen molar-refractivity contribution in [3.63, 3.8) is 0 Å². The van der Waals surface area contributed by atoms with Gasteiger partial charge in [-0.3, -0.25) is 4.79 Å². The smallest absolute Gasteiger partial charge is 0.257 e. The Labute approximate surface area is 117 Å². The average molecular weight is 280 g/mol. The Bertz CT molecular complexity index is 498. The molecular formula is C13H20N4O3. The molecule has 0 saturated heterocycles. The highest BCUT2D eigenvalue weighted by Crippen LogP contribution is 2.19. The lowest BCUT2D eigenvalue weighted by atomic mass is 9.91. The van der Waals surface area contributed by atoms with E-state index in [9.17, 15) is 4.79 Å². The van der Waals surface area contributed by atoms with E-state index >= 15 is 0 Å². The van der Waals surface area contributed by atoms with Crippen molar-refractivity contribution < 1.29 is 14.7 Å². The van der Waals surface area contributed by atoms with Gasteiger partial charge in [0.05, 0.1) is 7.11 Å². The van der Waals surface area contributed by atoms with Crippen molar-refractivity contribution in [2.45, 2.75) is 32.2 Å². The first-order valence-electron chi connectivity index (χ1n) is 6.34. The van der Waals surface area contributed by atoms with Crippen LogP contribution in [0.2, 0.25) is 0 Å². The van der Waals surface area contributed by atoms with E-state index in [2.05, 4.69) is 15.5 Å². The summed E-state index contributed by atoms with van der Waals surface area (Å²) in [5, 5.41) is 14.7. The minimum Gasteiger partial charge on any atom is -0.480 e. The molecule has 7 nitrogen and oxygen atoms in total. The van der Waals surface area contributed by atoms with E-state index in [1.807, 2.05) is 13.8 Å². The van der Waals surface area contributed by atoms with Gasteiger partial charge in [0.25, 0.3) is 5.91 Å². The lowest BCUT2D eigenvalue weighted by molar-refractivity contribution is 0.0914. The van der Waals surface area contributed by atoms with Crippen LogP contribution in [0.15, 0.2) is 23.5 Å². The van der Waals surface area contributed by atoms with Crippen molar-refractivity contribution in [1.82, 2.24) is 10.3 Å². The summed E-state index contributed by atoms with van der Waals surface area (Å²) in [4.78, 5) is 16.3. The second-order valence-corrected chi connectivity index (χ2v) is 4.29. The molecule has 0 radical (unpaired) electrons. The predicted octanol–water partition coefficient (Wildman–Crippen LogP) is 1.13. The fourth-order valence-corrected chi connectivity index (χ4v) is 1.96. The molecule has 0 bridgehead atoms. The number of methoxy groups -OCH3 is 1. The number of carbonyl (C=O) groups excluding carboxylic acids is 1. The number of rotatable bonds is 6. The van der Waals surface area contributed by atoms with Crippen molar-refractivity contribution in [2.75, 3.05) is 7.11 Å². The molecule has 20 heavy (non-hydrogen) atoms. The summed E-state index contributed by atoms with van der Waals surface area (Å²) >= 11 is 0. The summed E-state index contributed by atoms with van der Waals surface area (Å²) in [7, 11) is 1.44. The third-order valence-corrected chi connectivity index (χ3v) is 3.37. The molecule has 1 aromatic rings. The van der Waals surface area contributed by atoms with Crippen LogP contribution in [-0.4, -0.2) is 34.6 Å². The normalized spacial score (nSPS) is 12.1.